The van der Waals surface area contributed by atoms with Crippen molar-refractivity contribution in [3.8, 4) is 5.75 Å². The van der Waals surface area contributed by atoms with Gasteiger partial charge in [-0.15, -0.1) is 0 Å². The summed E-state index contributed by atoms with van der Waals surface area (Å²) < 4.78 is 10.9. The van der Waals surface area contributed by atoms with Crippen LogP contribution in [0.5, 0.6) is 5.75 Å². The van der Waals surface area contributed by atoms with Gasteiger partial charge in [-0.1, -0.05) is 12.1 Å². The van der Waals surface area contributed by atoms with E-state index < -0.39 is 0 Å². The van der Waals surface area contributed by atoms with E-state index in [1.807, 2.05) is 24.3 Å². The van der Waals surface area contributed by atoms with Gasteiger partial charge in [0.25, 0.3) is 0 Å². The van der Waals surface area contributed by atoms with Gasteiger partial charge in [-0.25, -0.2) is 0 Å². The molecule has 16 heavy (non-hydrogen) atoms. The van der Waals surface area contributed by atoms with Crippen molar-refractivity contribution in [2.75, 3.05) is 25.6 Å². The molecule has 0 spiro atoms. The van der Waals surface area contributed by atoms with Crippen molar-refractivity contribution in [3.05, 3.63) is 24.3 Å². The van der Waals surface area contributed by atoms with Gasteiger partial charge >= 0.3 is 0 Å². The van der Waals surface area contributed by atoms with Crippen molar-refractivity contribution in [3.63, 3.8) is 0 Å². The highest BCUT2D eigenvalue weighted by atomic mass is 16.5. The van der Waals surface area contributed by atoms with Crippen molar-refractivity contribution < 1.29 is 9.47 Å². The van der Waals surface area contributed by atoms with Crippen LogP contribution < -0.4 is 10.1 Å². The molecule has 0 saturated carbocycles. The van der Waals surface area contributed by atoms with Crippen molar-refractivity contribution in [1.29, 1.82) is 0 Å². The summed E-state index contributed by atoms with van der Waals surface area (Å²) in [6.45, 7) is 7.61. The van der Waals surface area contributed by atoms with Crippen LogP contribution in [0.15, 0.2) is 24.3 Å². The number of nitrogens with one attached hydrogen (secondary N) is 1. The number of ether oxygens (including phenoxy) is 2. The molecule has 1 N–H and O–H groups in total. The number of methoxy groups -OCH3 is 1. The summed E-state index contributed by atoms with van der Waals surface area (Å²) in [4.78, 5) is 0. The van der Waals surface area contributed by atoms with Crippen LogP contribution in [-0.4, -0.2) is 25.9 Å². The first-order valence-corrected chi connectivity index (χ1v) is 5.54. The zero-order valence-electron chi connectivity index (χ0n) is 10.5. The number of hydrogen-bond donors (Lipinski definition) is 1. The van der Waals surface area contributed by atoms with E-state index in [-0.39, 0.29) is 5.60 Å². The Hall–Kier alpha value is -1.22. The summed E-state index contributed by atoms with van der Waals surface area (Å²) in [7, 11) is 1.67. The van der Waals surface area contributed by atoms with Gasteiger partial charge in [0.05, 0.1) is 25.0 Å². The molecule has 1 aromatic rings. The number of para-hydroxylation sites is 2. The predicted molar refractivity (Wildman–Crippen MR) is 67.2 cm³/mol. The number of hydrogen-bond acceptors (Lipinski definition) is 3. The van der Waals surface area contributed by atoms with Gasteiger partial charge in [0.2, 0.25) is 0 Å². The van der Waals surface area contributed by atoms with Gasteiger partial charge in [0.1, 0.15) is 5.75 Å². The molecule has 0 aliphatic heterocycles. The van der Waals surface area contributed by atoms with Crippen LogP contribution in [-0.2, 0) is 4.74 Å². The second-order valence-corrected chi connectivity index (χ2v) is 4.59. The molecule has 0 radical (unpaired) electrons. The third kappa shape index (κ3) is 4.53. The van der Waals surface area contributed by atoms with Gasteiger partial charge in [-0.2, -0.15) is 0 Å². The van der Waals surface area contributed by atoms with E-state index in [2.05, 4.69) is 26.1 Å². The summed E-state index contributed by atoms with van der Waals surface area (Å²) in [6, 6.07) is 7.87. The molecule has 0 fully saturated rings. The molecule has 3 heteroatoms. The first-order chi connectivity index (χ1) is 7.53. The Morgan fingerprint density at radius 3 is 2.50 bits per heavy atom. The van der Waals surface area contributed by atoms with E-state index in [4.69, 9.17) is 9.47 Å². The molecule has 1 rings (SSSR count). The normalized spacial score (nSPS) is 11.2. The lowest BCUT2D eigenvalue weighted by Gasteiger charge is -2.20. The maximum atomic E-state index is 5.62. The Kier molecular flexibility index (Phi) is 4.62. The summed E-state index contributed by atoms with van der Waals surface area (Å²) in [5, 5.41) is 3.29. The largest absolute Gasteiger partial charge is 0.495 e. The molecule has 0 aromatic heterocycles. The Labute approximate surface area is 97.8 Å². The highest BCUT2D eigenvalue weighted by Crippen LogP contribution is 2.22. The molecule has 0 unspecified atom stereocenters. The maximum Gasteiger partial charge on any atom is 0.141 e. The van der Waals surface area contributed by atoms with E-state index in [0.717, 1.165) is 18.0 Å². The summed E-state index contributed by atoms with van der Waals surface area (Å²) in [5.74, 6) is 0.859. The quantitative estimate of drug-likeness (QED) is 0.778. The second kappa shape index (κ2) is 5.75. The molecule has 0 heterocycles. The molecule has 1 aromatic carbocycles. The average Bonchev–Trinajstić information content (AvgIpc) is 2.23. The van der Waals surface area contributed by atoms with Gasteiger partial charge in [0, 0.05) is 6.54 Å². The predicted octanol–water partition coefficient (Wildman–Crippen LogP) is 2.92. The minimum atomic E-state index is -0.0809. The van der Waals surface area contributed by atoms with E-state index in [0.29, 0.717) is 6.61 Å². The third-order valence-electron chi connectivity index (χ3n) is 2.06. The maximum absolute atomic E-state index is 5.62. The van der Waals surface area contributed by atoms with Gasteiger partial charge in [-0.3, -0.25) is 0 Å². The van der Waals surface area contributed by atoms with E-state index >= 15 is 0 Å². The molecule has 0 bridgehead atoms. The Balaban J connectivity index is 2.37. The minimum Gasteiger partial charge on any atom is -0.495 e. The van der Waals surface area contributed by atoms with Crippen molar-refractivity contribution >= 4 is 5.69 Å². The number of rotatable bonds is 5. The lowest BCUT2D eigenvalue weighted by Crippen LogP contribution is -2.23. The fourth-order valence-electron chi connectivity index (χ4n) is 1.33. The van der Waals surface area contributed by atoms with Crippen LogP contribution in [0.3, 0.4) is 0 Å². The van der Waals surface area contributed by atoms with Crippen LogP contribution in [0.2, 0.25) is 0 Å². The summed E-state index contributed by atoms with van der Waals surface area (Å²) in [6.07, 6.45) is 0. The zero-order valence-corrected chi connectivity index (χ0v) is 10.5. The zero-order chi connectivity index (χ0) is 12.0. The molecule has 3 nitrogen and oxygen atoms in total. The summed E-state index contributed by atoms with van der Waals surface area (Å²) in [5.41, 5.74) is 0.921. The highest BCUT2D eigenvalue weighted by Gasteiger charge is 2.09. The Morgan fingerprint density at radius 2 is 1.88 bits per heavy atom. The number of benzene rings is 1. The van der Waals surface area contributed by atoms with Crippen LogP contribution in [0.25, 0.3) is 0 Å². The molecule has 0 atom stereocenters. The van der Waals surface area contributed by atoms with Crippen LogP contribution in [0.1, 0.15) is 20.8 Å². The Morgan fingerprint density at radius 1 is 1.19 bits per heavy atom. The monoisotopic (exact) mass is 223 g/mol. The molecule has 0 saturated heterocycles. The van der Waals surface area contributed by atoms with Gasteiger partial charge in [-0.05, 0) is 32.9 Å². The average molecular weight is 223 g/mol. The standard InChI is InChI=1S/C13H21NO2/c1-13(2,3)16-10-9-14-11-7-5-6-8-12(11)15-4/h5-8,14H,9-10H2,1-4H3. The summed E-state index contributed by atoms with van der Waals surface area (Å²) >= 11 is 0. The van der Waals surface area contributed by atoms with Crippen LogP contribution >= 0.6 is 0 Å². The van der Waals surface area contributed by atoms with E-state index in [1.165, 1.54) is 0 Å². The Bertz CT molecular complexity index is 318. The lowest BCUT2D eigenvalue weighted by molar-refractivity contribution is 0.00333. The fraction of sp³-hybridized carbons (Fsp3) is 0.538. The fourth-order valence-corrected chi connectivity index (χ4v) is 1.33. The third-order valence-corrected chi connectivity index (χ3v) is 2.06. The van der Waals surface area contributed by atoms with Crippen molar-refractivity contribution in [2.45, 2.75) is 26.4 Å². The first-order valence-electron chi connectivity index (χ1n) is 5.54. The van der Waals surface area contributed by atoms with Crippen molar-refractivity contribution in [2.24, 2.45) is 0 Å². The van der Waals surface area contributed by atoms with E-state index in [1.54, 1.807) is 7.11 Å². The van der Waals surface area contributed by atoms with Crippen LogP contribution in [0.4, 0.5) is 5.69 Å². The molecule has 0 aliphatic rings. The molecule has 0 aliphatic carbocycles. The number of anilines is 1. The second-order valence-electron chi connectivity index (χ2n) is 4.59. The lowest BCUT2D eigenvalue weighted by atomic mass is 10.2. The highest BCUT2D eigenvalue weighted by molar-refractivity contribution is 5.55. The van der Waals surface area contributed by atoms with Gasteiger partial charge < -0.3 is 14.8 Å². The van der Waals surface area contributed by atoms with Gasteiger partial charge in [0.15, 0.2) is 0 Å². The topological polar surface area (TPSA) is 30.5 Å². The van der Waals surface area contributed by atoms with Crippen molar-refractivity contribution in [1.82, 2.24) is 0 Å². The smallest absolute Gasteiger partial charge is 0.141 e. The molecular weight excluding hydrogens is 202 g/mol. The molecular formula is C13H21NO2. The molecule has 0 amide bonds. The molecule has 90 valence electrons. The van der Waals surface area contributed by atoms with E-state index in [9.17, 15) is 0 Å². The SMILES string of the molecule is COc1ccccc1NCCOC(C)(C)C. The first kappa shape index (κ1) is 12.8. The minimum absolute atomic E-state index is 0.0809. The van der Waals surface area contributed by atoms with Crippen LogP contribution in [0, 0.1) is 0 Å².